The second-order valence-corrected chi connectivity index (χ2v) is 11.0. The summed E-state index contributed by atoms with van der Waals surface area (Å²) >= 11 is 6.89. The number of benzene rings is 2. The van der Waals surface area contributed by atoms with Gasteiger partial charge in [-0.25, -0.2) is 4.39 Å². The molecule has 0 unspecified atom stereocenters. The third kappa shape index (κ3) is 5.07. The molecular weight excluding hydrogens is 468 g/mol. The molecular formula is C28H34ClF2N3O. The summed E-state index contributed by atoms with van der Waals surface area (Å²) in [6.07, 6.45) is 1.51. The van der Waals surface area contributed by atoms with Gasteiger partial charge in [-0.05, 0) is 62.9 Å². The Hall–Kier alpha value is -2.15. The highest BCUT2D eigenvalue weighted by Crippen LogP contribution is 2.44. The highest BCUT2D eigenvalue weighted by molar-refractivity contribution is 6.31. The molecule has 2 atom stereocenters. The third-order valence-corrected chi connectivity index (χ3v) is 7.50. The second kappa shape index (κ2) is 9.72. The number of aromatic nitrogens is 1. The number of para-hydroxylation sites is 1. The summed E-state index contributed by atoms with van der Waals surface area (Å²) in [5.41, 5.74) is 3.07. The quantitative estimate of drug-likeness (QED) is 0.391. The van der Waals surface area contributed by atoms with Gasteiger partial charge in [-0.15, -0.1) is 0 Å². The van der Waals surface area contributed by atoms with E-state index in [0.29, 0.717) is 18.0 Å². The Kier molecular flexibility index (Phi) is 6.81. The minimum atomic E-state index is -1.34. The first-order valence-corrected chi connectivity index (χ1v) is 12.9. The SMILES string of the molecule is C[C@@H]1Cc2c([nH]c3ccccc23)[C@@H](c2ccc(OC3CN(CCCF)C3)cc2Cl)N1CC(C)(C)F. The van der Waals surface area contributed by atoms with Crippen LogP contribution in [0.1, 0.15) is 50.1 Å². The van der Waals surface area contributed by atoms with Crippen molar-refractivity contribution in [3.63, 3.8) is 0 Å². The lowest BCUT2D eigenvalue weighted by Gasteiger charge is -2.43. The van der Waals surface area contributed by atoms with Gasteiger partial charge in [0.2, 0.25) is 0 Å². The zero-order valence-electron chi connectivity index (χ0n) is 20.7. The summed E-state index contributed by atoms with van der Waals surface area (Å²) in [6.45, 7) is 7.82. The van der Waals surface area contributed by atoms with Crippen LogP contribution in [0, 0.1) is 0 Å². The summed E-state index contributed by atoms with van der Waals surface area (Å²) in [4.78, 5) is 8.05. The van der Waals surface area contributed by atoms with Crippen molar-refractivity contribution >= 4 is 22.5 Å². The molecule has 2 aliphatic rings. The molecule has 0 aliphatic carbocycles. The van der Waals surface area contributed by atoms with E-state index in [1.54, 1.807) is 13.8 Å². The summed E-state index contributed by atoms with van der Waals surface area (Å²) in [7, 11) is 0. The van der Waals surface area contributed by atoms with E-state index >= 15 is 0 Å². The van der Waals surface area contributed by atoms with Crippen LogP contribution in [0.3, 0.4) is 0 Å². The number of aromatic amines is 1. The number of hydrogen-bond acceptors (Lipinski definition) is 3. The summed E-state index contributed by atoms with van der Waals surface area (Å²) < 4.78 is 33.5. The Morgan fingerprint density at radius 3 is 2.66 bits per heavy atom. The van der Waals surface area contributed by atoms with Crippen LogP contribution in [0.4, 0.5) is 8.78 Å². The lowest BCUT2D eigenvalue weighted by Crippen LogP contribution is -2.53. The number of halogens is 3. The van der Waals surface area contributed by atoms with Gasteiger partial charge in [0.25, 0.3) is 0 Å². The van der Waals surface area contributed by atoms with Gasteiger partial charge < -0.3 is 9.72 Å². The van der Waals surface area contributed by atoms with E-state index in [2.05, 4.69) is 39.9 Å². The van der Waals surface area contributed by atoms with Gasteiger partial charge in [0.05, 0.1) is 12.7 Å². The molecule has 0 amide bonds. The maximum atomic E-state index is 14.9. The smallest absolute Gasteiger partial charge is 0.124 e. The number of hydrogen-bond donors (Lipinski definition) is 1. The Balaban J connectivity index is 1.45. The Morgan fingerprint density at radius 2 is 1.94 bits per heavy atom. The Bertz CT molecular complexity index is 1180. The fourth-order valence-corrected chi connectivity index (χ4v) is 5.85. The minimum Gasteiger partial charge on any atom is -0.488 e. The van der Waals surface area contributed by atoms with Crippen LogP contribution in [0.15, 0.2) is 42.5 Å². The van der Waals surface area contributed by atoms with Gasteiger partial charge in [-0.1, -0.05) is 35.9 Å². The van der Waals surface area contributed by atoms with E-state index in [9.17, 15) is 8.78 Å². The van der Waals surface area contributed by atoms with Crippen molar-refractivity contribution in [3.05, 3.63) is 64.3 Å². The summed E-state index contributed by atoms with van der Waals surface area (Å²) in [5, 5.41) is 1.83. The normalized spacial score (nSPS) is 21.8. The Labute approximate surface area is 211 Å². The topological polar surface area (TPSA) is 31.5 Å². The fourth-order valence-electron chi connectivity index (χ4n) is 5.58. The summed E-state index contributed by atoms with van der Waals surface area (Å²) in [6, 6.07) is 14.2. The molecule has 3 aromatic rings. The van der Waals surface area contributed by atoms with Crippen LogP contribution < -0.4 is 4.74 Å². The fraction of sp³-hybridized carbons (Fsp3) is 0.500. The zero-order chi connectivity index (χ0) is 24.7. The highest BCUT2D eigenvalue weighted by Gasteiger charge is 2.39. The van der Waals surface area contributed by atoms with Crippen molar-refractivity contribution in [2.75, 3.05) is 32.9 Å². The van der Waals surface area contributed by atoms with Crippen LogP contribution in [0.5, 0.6) is 5.75 Å². The molecule has 1 fully saturated rings. The molecule has 35 heavy (non-hydrogen) atoms. The predicted molar refractivity (Wildman–Crippen MR) is 138 cm³/mol. The molecule has 4 nitrogen and oxygen atoms in total. The van der Waals surface area contributed by atoms with Crippen LogP contribution in [-0.2, 0) is 6.42 Å². The monoisotopic (exact) mass is 501 g/mol. The molecule has 1 saturated heterocycles. The third-order valence-electron chi connectivity index (χ3n) is 7.18. The standard InChI is InChI=1S/C28H34ClF2N3O/c1-18-13-23-21-7-4-5-8-25(21)32-26(23)27(34(18)17-28(2,3)31)22-10-9-19(14-24(22)29)35-20-15-33(16-20)12-6-11-30/h4-5,7-10,14,18,20,27,32H,6,11-13,15-17H2,1-3H3/t18-,27-/m1/s1. The maximum absolute atomic E-state index is 14.9. The molecule has 1 aromatic heterocycles. The first-order chi connectivity index (χ1) is 16.7. The van der Waals surface area contributed by atoms with E-state index < -0.39 is 5.67 Å². The lowest BCUT2D eigenvalue weighted by atomic mass is 9.87. The number of ether oxygens (including phenoxy) is 1. The second-order valence-electron chi connectivity index (χ2n) is 10.6. The van der Waals surface area contributed by atoms with Crippen LogP contribution in [0.2, 0.25) is 5.02 Å². The summed E-state index contributed by atoms with van der Waals surface area (Å²) in [5.74, 6) is 0.729. The van der Waals surface area contributed by atoms with Gasteiger partial charge in [0, 0.05) is 53.8 Å². The molecule has 0 radical (unpaired) electrons. The molecule has 188 valence electrons. The maximum Gasteiger partial charge on any atom is 0.124 e. The molecule has 5 rings (SSSR count). The number of nitrogens with one attached hydrogen (secondary N) is 1. The molecule has 2 aliphatic heterocycles. The van der Waals surface area contributed by atoms with E-state index in [4.69, 9.17) is 16.3 Å². The molecule has 3 heterocycles. The van der Waals surface area contributed by atoms with E-state index in [1.807, 2.05) is 24.3 Å². The Morgan fingerprint density at radius 1 is 1.17 bits per heavy atom. The number of nitrogens with zero attached hydrogens (tertiary/aromatic N) is 2. The van der Waals surface area contributed by atoms with Crippen molar-refractivity contribution in [3.8, 4) is 5.75 Å². The molecule has 0 bridgehead atoms. The number of alkyl halides is 2. The molecule has 1 N–H and O–H groups in total. The first kappa shape index (κ1) is 24.5. The van der Waals surface area contributed by atoms with Crippen molar-refractivity contribution in [1.82, 2.24) is 14.8 Å². The number of H-pyrrole nitrogens is 1. The first-order valence-electron chi connectivity index (χ1n) is 12.5. The molecule has 7 heteroatoms. The minimum absolute atomic E-state index is 0.0929. The number of rotatable bonds is 8. The van der Waals surface area contributed by atoms with Crippen LogP contribution in [-0.4, -0.2) is 65.5 Å². The lowest BCUT2D eigenvalue weighted by molar-refractivity contribution is 0.0184. The van der Waals surface area contributed by atoms with Gasteiger partial charge in [-0.3, -0.25) is 14.2 Å². The van der Waals surface area contributed by atoms with Crippen molar-refractivity contribution in [2.45, 2.75) is 57.5 Å². The molecule has 0 spiro atoms. The number of fused-ring (bicyclic) bond motifs is 3. The average molecular weight is 502 g/mol. The van der Waals surface area contributed by atoms with Crippen molar-refractivity contribution in [2.24, 2.45) is 0 Å². The van der Waals surface area contributed by atoms with Crippen LogP contribution in [0.25, 0.3) is 10.9 Å². The average Bonchev–Trinajstić information content (AvgIpc) is 3.13. The predicted octanol–water partition coefficient (Wildman–Crippen LogP) is 6.33. The largest absolute Gasteiger partial charge is 0.488 e. The zero-order valence-corrected chi connectivity index (χ0v) is 21.4. The van der Waals surface area contributed by atoms with Gasteiger partial charge in [0.1, 0.15) is 17.5 Å². The highest BCUT2D eigenvalue weighted by atomic mass is 35.5. The molecule has 0 saturated carbocycles. The van der Waals surface area contributed by atoms with E-state index in [0.717, 1.165) is 48.6 Å². The van der Waals surface area contributed by atoms with Crippen molar-refractivity contribution < 1.29 is 13.5 Å². The van der Waals surface area contributed by atoms with Gasteiger partial charge in [-0.2, -0.15) is 0 Å². The molecule has 2 aromatic carbocycles. The van der Waals surface area contributed by atoms with Gasteiger partial charge >= 0.3 is 0 Å². The van der Waals surface area contributed by atoms with E-state index in [-0.39, 0.29) is 24.9 Å². The van der Waals surface area contributed by atoms with Crippen LogP contribution >= 0.6 is 11.6 Å². The number of likely N-dealkylation sites (tertiary alicyclic amines) is 1. The van der Waals surface area contributed by atoms with Crippen molar-refractivity contribution in [1.29, 1.82) is 0 Å². The van der Waals surface area contributed by atoms with Gasteiger partial charge in [0.15, 0.2) is 0 Å². The van der Waals surface area contributed by atoms with E-state index in [1.165, 1.54) is 10.9 Å².